The fourth-order valence-electron chi connectivity index (χ4n) is 11.0. The van der Waals surface area contributed by atoms with Gasteiger partial charge in [0, 0.05) is 30.6 Å². The predicted octanol–water partition coefficient (Wildman–Crippen LogP) is 7.46. The largest absolute Gasteiger partial charge is 0.465 e. The number of hydrogen-bond acceptors (Lipinski definition) is 5. The molecule has 4 fully saturated rings. The van der Waals surface area contributed by atoms with E-state index in [0.717, 1.165) is 57.8 Å². The fraction of sp³-hybridized carbons (Fsp3) is 0.853. The van der Waals surface area contributed by atoms with Crippen molar-refractivity contribution < 1.29 is 23.9 Å². The van der Waals surface area contributed by atoms with E-state index in [1.165, 1.54) is 19.4 Å². The molecule has 0 aromatic rings. The van der Waals surface area contributed by atoms with Gasteiger partial charge in [-0.15, -0.1) is 0 Å². The van der Waals surface area contributed by atoms with Crippen LogP contribution in [-0.4, -0.2) is 30.4 Å². The van der Waals surface area contributed by atoms with Crippen LogP contribution in [0.4, 0.5) is 0 Å². The number of ketones is 1. The van der Waals surface area contributed by atoms with E-state index in [0.29, 0.717) is 18.3 Å². The van der Waals surface area contributed by atoms with Crippen molar-refractivity contribution in [1.29, 1.82) is 0 Å². The van der Waals surface area contributed by atoms with Gasteiger partial charge in [0.15, 0.2) is 5.78 Å². The summed E-state index contributed by atoms with van der Waals surface area (Å²) in [6.07, 6.45) is 11.1. The molecule has 5 aliphatic rings. The Morgan fingerprint density at radius 1 is 0.872 bits per heavy atom. The van der Waals surface area contributed by atoms with Crippen LogP contribution in [0.15, 0.2) is 11.6 Å². The minimum absolute atomic E-state index is 0.0410. The first-order chi connectivity index (χ1) is 17.9. The first-order valence-corrected chi connectivity index (χ1v) is 15.5. The molecule has 0 saturated heterocycles. The van der Waals surface area contributed by atoms with Crippen LogP contribution in [0.2, 0.25) is 0 Å². The molecule has 0 aromatic carbocycles. The van der Waals surface area contributed by atoms with Crippen molar-refractivity contribution in [2.24, 2.45) is 50.2 Å². The highest BCUT2D eigenvalue weighted by Gasteiger charge is 2.70. The Balaban J connectivity index is 1.57. The van der Waals surface area contributed by atoms with Crippen LogP contribution in [0.5, 0.6) is 0 Å². The van der Waals surface area contributed by atoms with Gasteiger partial charge in [-0.1, -0.05) is 54.0 Å². The van der Waals surface area contributed by atoms with Gasteiger partial charge in [0.05, 0.1) is 6.61 Å². The molecular weight excluding hydrogens is 488 g/mol. The Hall–Kier alpha value is -1.65. The molecule has 0 bridgehead atoms. The Kier molecular flexibility index (Phi) is 6.60. The lowest BCUT2D eigenvalue weighted by Gasteiger charge is -2.70. The standard InChI is InChI=1S/C34H52O5/c1-21(35)38-20-34-16-14-29(3,4)19-23(34)28-24(37)18-26-31(7)12-11-27(39-22(2)36)30(5,6)25(31)10-13-32(26,8)33(28,9)15-17-34/h18,23,25,27-28H,10-17,19-20H2,1-9H3/t23-,25-,27-,28-,31-,32+,33+,34+/m0/s1. The number of esters is 2. The normalized spacial score (nSPS) is 46.0. The zero-order valence-electron chi connectivity index (χ0n) is 26.0. The van der Waals surface area contributed by atoms with Gasteiger partial charge in [-0.3, -0.25) is 14.4 Å². The summed E-state index contributed by atoms with van der Waals surface area (Å²) in [7, 11) is 0. The average Bonchev–Trinajstić information content (AvgIpc) is 2.81. The molecule has 4 saturated carbocycles. The van der Waals surface area contributed by atoms with Crippen LogP contribution < -0.4 is 0 Å². The third-order valence-electron chi connectivity index (χ3n) is 13.4. The van der Waals surface area contributed by atoms with Gasteiger partial charge in [0.25, 0.3) is 0 Å². The molecule has 8 atom stereocenters. The third kappa shape index (κ3) is 4.09. The highest BCUT2D eigenvalue weighted by Crippen LogP contribution is 2.75. The molecule has 0 radical (unpaired) electrons. The molecule has 218 valence electrons. The lowest BCUT2D eigenvalue weighted by Crippen LogP contribution is -2.66. The van der Waals surface area contributed by atoms with Gasteiger partial charge >= 0.3 is 11.9 Å². The highest BCUT2D eigenvalue weighted by atomic mass is 16.5. The quantitative estimate of drug-likeness (QED) is 0.348. The third-order valence-corrected chi connectivity index (χ3v) is 13.4. The van der Waals surface area contributed by atoms with E-state index in [1.807, 2.05) is 0 Å². The topological polar surface area (TPSA) is 69.7 Å². The lowest BCUT2D eigenvalue weighted by molar-refractivity contribution is -0.194. The first kappa shape index (κ1) is 28.9. The number of ether oxygens (including phenoxy) is 2. The second-order valence-corrected chi connectivity index (χ2v) is 16.3. The predicted molar refractivity (Wildman–Crippen MR) is 152 cm³/mol. The summed E-state index contributed by atoms with van der Waals surface area (Å²) in [4.78, 5) is 38.3. The summed E-state index contributed by atoms with van der Waals surface area (Å²) >= 11 is 0. The first-order valence-electron chi connectivity index (χ1n) is 15.5. The van der Waals surface area contributed by atoms with Gasteiger partial charge in [0.1, 0.15) is 6.10 Å². The van der Waals surface area contributed by atoms with Gasteiger partial charge in [0.2, 0.25) is 0 Å². The maximum atomic E-state index is 14.5. The summed E-state index contributed by atoms with van der Waals surface area (Å²) in [6, 6.07) is 0. The number of carbonyl (C=O) groups excluding carboxylic acids is 3. The molecule has 0 aliphatic heterocycles. The van der Waals surface area contributed by atoms with E-state index in [2.05, 4.69) is 54.5 Å². The summed E-state index contributed by atoms with van der Waals surface area (Å²) in [6.45, 7) is 20.0. The monoisotopic (exact) mass is 540 g/mol. The molecule has 0 unspecified atom stereocenters. The molecule has 0 aromatic heterocycles. The minimum atomic E-state index is -0.219. The van der Waals surface area contributed by atoms with Crippen LogP contribution in [0.25, 0.3) is 0 Å². The van der Waals surface area contributed by atoms with Crippen molar-refractivity contribution in [2.45, 2.75) is 126 Å². The molecule has 0 heterocycles. The van der Waals surface area contributed by atoms with Crippen LogP contribution in [-0.2, 0) is 23.9 Å². The molecule has 5 nitrogen and oxygen atoms in total. The molecule has 0 spiro atoms. The van der Waals surface area contributed by atoms with Crippen LogP contribution in [0.1, 0.15) is 120 Å². The Bertz CT molecular complexity index is 1100. The van der Waals surface area contributed by atoms with E-state index >= 15 is 0 Å². The maximum absolute atomic E-state index is 14.5. The average molecular weight is 541 g/mol. The second-order valence-electron chi connectivity index (χ2n) is 16.3. The maximum Gasteiger partial charge on any atom is 0.302 e. The van der Waals surface area contributed by atoms with Crippen LogP contribution >= 0.6 is 0 Å². The number of allylic oxidation sites excluding steroid dienone is 2. The van der Waals surface area contributed by atoms with E-state index in [9.17, 15) is 14.4 Å². The molecule has 39 heavy (non-hydrogen) atoms. The molecule has 5 heteroatoms. The van der Waals surface area contributed by atoms with Crippen LogP contribution in [0.3, 0.4) is 0 Å². The summed E-state index contributed by atoms with van der Waals surface area (Å²) < 4.78 is 11.6. The zero-order valence-corrected chi connectivity index (χ0v) is 26.0. The fourth-order valence-corrected chi connectivity index (χ4v) is 11.0. The van der Waals surface area contributed by atoms with Crippen molar-refractivity contribution in [3.63, 3.8) is 0 Å². The SMILES string of the molecule is CC(=O)OC[C@]12CCC(C)(C)C[C@H]1[C@H]1C(=O)C=C3[C@@]4(C)CC[C@H](OC(C)=O)C(C)(C)[C@@H]4CC[C@@]3(C)[C@]1(C)CC2. The number of carbonyl (C=O) groups is 3. The Labute approximate surface area is 236 Å². The van der Waals surface area contributed by atoms with E-state index in [-0.39, 0.29) is 62.4 Å². The molecule has 5 rings (SSSR count). The van der Waals surface area contributed by atoms with Crippen molar-refractivity contribution in [2.75, 3.05) is 6.61 Å². The number of fused-ring (bicyclic) bond motifs is 7. The minimum Gasteiger partial charge on any atom is -0.465 e. The van der Waals surface area contributed by atoms with E-state index < -0.39 is 0 Å². The molecular formula is C34H52O5. The zero-order chi connectivity index (χ0) is 28.8. The molecule has 0 amide bonds. The second kappa shape index (κ2) is 8.92. The van der Waals surface area contributed by atoms with E-state index in [4.69, 9.17) is 9.47 Å². The van der Waals surface area contributed by atoms with Crippen molar-refractivity contribution in [3.8, 4) is 0 Å². The van der Waals surface area contributed by atoms with Crippen molar-refractivity contribution >= 4 is 17.7 Å². The number of hydrogen-bond donors (Lipinski definition) is 0. The van der Waals surface area contributed by atoms with Gasteiger partial charge in [-0.25, -0.2) is 0 Å². The highest BCUT2D eigenvalue weighted by molar-refractivity contribution is 5.95. The number of rotatable bonds is 3. The Morgan fingerprint density at radius 3 is 2.18 bits per heavy atom. The summed E-state index contributed by atoms with van der Waals surface area (Å²) in [5.74, 6) is 0.430. The van der Waals surface area contributed by atoms with Crippen molar-refractivity contribution in [1.82, 2.24) is 0 Å². The summed E-state index contributed by atoms with van der Waals surface area (Å²) in [5, 5.41) is 0. The lowest BCUT2D eigenvalue weighted by atomic mass is 9.34. The molecule has 5 aliphatic carbocycles. The van der Waals surface area contributed by atoms with Gasteiger partial charge in [-0.2, -0.15) is 0 Å². The van der Waals surface area contributed by atoms with E-state index in [1.54, 1.807) is 0 Å². The molecule has 0 N–H and O–H groups in total. The van der Waals surface area contributed by atoms with Gasteiger partial charge < -0.3 is 9.47 Å². The van der Waals surface area contributed by atoms with Crippen LogP contribution in [0, 0.1) is 50.2 Å². The smallest absolute Gasteiger partial charge is 0.302 e. The van der Waals surface area contributed by atoms with Gasteiger partial charge in [-0.05, 0) is 97.4 Å². The van der Waals surface area contributed by atoms with Crippen molar-refractivity contribution in [3.05, 3.63) is 11.6 Å². The Morgan fingerprint density at radius 2 is 1.54 bits per heavy atom. The summed E-state index contributed by atoms with van der Waals surface area (Å²) in [5.41, 5.74) is 1.01.